The van der Waals surface area contributed by atoms with Crippen molar-refractivity contribution in [2.75, 3.05) is 0 Å². The van der Waals surface area contributed by atoms with Crippen molar-refractivity contribution in [2.45, 2.75) is 26.2 Å². The van der Waals surface area contributed by atoms with Crippen molar-refractivity contribution in [3.05, 3.63) is 51.7 Å². The number of benzene rings is 1. The molecule has 0 atom stereocenters. The van der Waals surface area contributed by atoms with Crippen molar-refractivity contribution in [1.29, 1.82) is 0 Å². The molecule has 0 aliphatic carbocycles. The fraction of sp³-hybridized carbons (Fsp3) is 0.250. The van der Waals surface area contributed by atoms with Crippen molar-refractivity contribution < 1.29 is 4.52 Å². The summed E-state index contributed by atoms with van der Waals surface area (Å²) in [5, 5.41) is 4.31. The van der Waals surface area contributed by atoms with Gasteiger partial charge in [0, 0.05) is 10.6 Å². The van der Waals surface area contributed by atoms with Gasteiger partial charge in [0.1, 0.15) is 12.0 Å². The molecule has 0 unspecified atom stereocenters. The van der Waals surface area contributed by atoms with Crippen molar-refractivity contribution in [1.82, 2.24) is 20.1 Å². The standard InChI is InChI=1S/C16H15ClN4O2/c1-16(2,3)10-5-4-9(6-11(10)17)12-7-13(19-8-18-12)14-20-15(22)23-21-14/h4-8H,1-3H3,(H,20,21,22). The third-order valence-electron chi connectivity index (χ3n) is 3.42. The molecule has 0 amide bonds. The highest BCUT2D eigenvalue weighted by Gasteiger charge is 2.18. The molecule has 0 fully saturated rings. The van der Waals surface area contributed by atoms with Crippen LogP contribution in [0.5, 0.6) is 0 Å². The van der Waals surface area contributed by atoms with Gasteiger partial charge in [-0.1, -0.05) is 49.7 Å². The number of nitrogens with zero attached hydrogens (tertiary/aromatic N) is 3. The summed E-state index contributed by atoms with van der Waals surface area (Å²) in [7, 11) is 0. The smallest absolute Gasteiger partial charge is 0.296 e. The van der Waals surface area contributed by atoms with E-state index in [1.807, 2.05) is 18.2 Å². The van der Waals surface area contributed by atoms with Gasteiger partial charge in [-0.2, -0.15) is 0 Å². The normalized spacial score (nSPS) is 11.7. The minimum absolute atomic E-state index is 0.0351. The Bertz CT molecular complexity index is 909. The number of aromatic nitrogens is 4. The fourth-order valence-corrected chi connectivity index (χ4v) is 2.73. The molecule has 3 aromatic rings. The van der Waals surface area contributed by atoms with Crippen molar-refractivity contribution >= 4 is 11.6 Å². The van der Waals surface area contributed by atoms with Gasteiger partial charge in [-0.3, -0.25) is 9.51 Å². The highest BCUT2D eigenvalue weighted by atomic mass is 35.5. The van der Waals surface area contributed by atoms with Gasteiger partial charge in [-0.15, -0.1) is 0 Å². The van der Waals surface area contributed by atoms with Crippen LogP contribution in [0.1, 0.15) is 26.3 Å². The summed E-state index contributed by atoms with van der Waals surface area (Å²) < 4.78 is 4.49. The van der Waals surface area contributed by atoms with Gasteiger partial charge in [0.05, 0.1) is 5.69 Å². The van der Waals surface area contributed by atoms with Crippen LogP contribution in [-0.4, -0.2) is 20.1 Å². The number of aromatic amines is 1. The molecular formula is C16H15ClN4O2. The van der Waals surface area contributed by atoms with Crippen LogP contribution in [0.25, 0.3) is 22.8 Å². The first-order valence-corrected chi connectivity index (χ1v) is 7.41. The Kier molecular flexibility index (Phi) is 3.77. The van der Waals surface area contributed by atoms with Crippen LogP contribution in [0.4, 0.5) is 0 Å². The maximum Gasteiger partial charge on any atom is 0.439 e. The molecule has 7 heteroatoms. The fourth-order valence-electron chi connectivity index (χ4n) is 2.27. The average molecular weight is 331 g/mol. The SMILES string of the molecule is CC(C)(C)c1ccc(-c2cc(-c3noc(=O)[nH]3)ncn2)cc1Cl. The molecule has 0 spiro atoms. The number of halogens is 1. The third kappa shape index (κ3) is 3.17. The van der Waals surface area contributed by atoms with E-state index in [1.165, 1.54) is 6.33 Å². The highest BCUT2D eigenvalue weighted by Crippen LogP contribution is 2.32. The minimum Gasteiger partial charge on any atom is -0.296 e. The molecule has 0 aliphatic rings. The van der Waals surface area contributed by atoms with E-state index in [0.29, 0.717) is 16.4 Å². The number of H-pyrrole nitrogens is 1. The van der Waals surface area contributed by atoms with Gasteiger partial charge in [-0.25, -0.2) is 14.8 Å². The Balaban J connectivity index is 2.03. The molecule has 0 bridgehead atoms. The number of hydrogen-bond acceptors (Lipinski definition) is 5. The predicted octanol–water partition coefficient (Wildman–Crippen LogP) is 3.44. The Morgan fingerprint density at radius 1 is 1.13 bits per heavy atom. The van der Waals surface area contributed by atoms with Gasteiger partial charge >= 0.3 is 5.76 Å². The molecule has 0 saturated carbocycles. The first kappa shape index (κ1) is 15.4. The van der Waals surface area contributed by atoms with Crippen LogP contribution in [0.15, 0.2) is 39.9 Å². The second-order valence-electron chi connectivity index (χ2n) is 6.18. The van der Waals surface area contributed by atoms with Crippen LogP contribution >= 0.6 is 11.6 Å². The minimum atomic E-state index is -0.627. The lowest BCUT2D eigenvalue weighted by Crippen LogP contribution is -2.11. The Morgan fingerprint density at radius 2 is 1.87 bits per heavy atom. The lowest BCUT2D eigenvalue weighted by Gasteiger charge is -2.21. The monoisotopic (exact) mass is 330 g/mol. The van der Waals surface area contributed by atoms with E-state index in [9.17, 15) is 4.79 Å². The molecule has 23 heavy (non-hydrogen) atoms. The molecule has 0 saturated heterocycles. The second kappa shape index (κ2) is 5.62. The largest absolute Gasteiger partial charge is 0.439 e. The molecule has 6 nitrogen and oxygen atoms in total. The summed E-state index contributed by atoms with van der Waals surface area (Å²) >= 11 is 6.41. The molecule has 2 heterocycles. The summed E-state index contributed by atoms with van der Waals surface area (Å²) in [6.07, 6.45) is 1.41. The van der Waals surface area contributed by atoms with E-state index in [0.717, 1.165) is 11.1 Å². The zero-order valence-corrected chi connectivity index (χ0v) is 13.7. The van der Waals surface area contributed by atoms with Crippen molar-refractivity contribution in [3.8, 4) is 22.8 Å². The van der Waals surface area contributed by atoms with Crippen LogP contribution in [-0.2, 0) is 5.41 Å². The average Bonchev–Trinajstić information content (AvgIpc) is 2.92. The lowest BCUT2D eigenvalue weighted by atomic mass is 9.86. The summed E-state index contributed by atoms with van der Waals surface area (Å²) in [6.45, 7) is 6.33. The van der Waals surface area contributed by atoms with Crippen LogP contribution < -0.4 is 5.76 Å². The predicted molar refractivity (Wildman–Crippen MR) is 87.3 cm³/mol. The second-order valence-corrected chi connectivity index (χ2v) is 6.58. The van der Waals surface area contributed by atoms with E-state index in [-0.39, 0.29) is 11.2 Å². The number of nitrogens with one attached hydrogen (secondary N) is 1. The Hall–Kier alpha value is -2.47. The molecule has 1 N–H and O–H groups in total. The quantitative estimate of drug-likeness (QED) is 0.778. The maximum absolute atomic E-state index is 11.0. The molecule has 0 aliphatic heterocycles. The van der Waals surface area contributed by atoms with Gasteiger partial charge in [-0.05, 0) is 23.1 Å². The van der Waals surface area contributed by atoms with E-state index in [4.69, 9.17) is 11.6 Å². The van der Waals surface area contributed by atoms with Gasteiger partial charge in [0.2, 0.25) is 5.82 Å². The molecule has 118 valence electrons. The zero-order chi connectivity index (χ0) is 16.6. The third-order valence-corrected chi connectivity index (χ3v) is 3.74. The molecule has 1 aromatic carbocycles. The van der Waals surface area contributed by atoms with Gasteiger partial charge in [0.15, 0.2) is 0 Å². The first-order valence-electron chi connectivity index (χ1n) is 7.03. The highest BCUT2D eigenvalue weighted by molar-refractivity contribution is 6.31. The Morgan fingerprint density at radius 3 is 2.48 bits per heavy atom. The summed E-state index contributed by atoms with van der Waals surface area (Å²) in [5.41, 5.74) is 3.04. The van der Waals surface area contributed by atoms with Gasteiger partial charge < -0.3 is 0 Å². The lowest BCUT2D eigenvalue weighted by molar-refractivity contribution is 0.387. The molecular weight excluding hydrogens is 316 g/mol. The van der Waals surface area contributed by atoms with E-state index < -0.39 is 5.76 Å². The van der Waals surface area contributed by atoms with Crippen molar-refractivity contribution in [2.24, 2.45) is 0 Å². The summed E-state index contributed by atoms with van der Waals surface area (Å²) in [5.74, 6) is -0.367. The number of hydrogen-bond donors (Lipinski definition) is 1. The number of rotatable bonds is 2. The van der Waals surface area contributed by atoms with Crippen LogP contribution in [0.3, 0.4) is 0 Å². The van der Waals surface area contributed by atoms with Crippen LogP contribution in [0, 0.1) is 0 Å². The van der Waals surface area contributed by atoms with E-state index in [2.05, 4.69) is 45.4 Å². The Labute approximate surface area is 137 Å². The maximum atomic E-state index is 11.0. The molecule has 0 radical (unpaired) electrons. The van der Waals surface area contributed by atoms with Gasteiger partial charge in [0.25, 0.3) is 0 Å². The molecule has 3 rings (SSSR count). The zero-order valence-electron chi connectivity index (χ0n) is 12.9. The van der Waals surface area contributed by atoms with Crippen molar-refractivity contribution in [3.63, 3.8) is 0 Å². The summed E-state index contributed by atoms with van der Waals surface area (Å²) in [4.78, 5) is 21.9. The first-order chi connectivity index (χ1) is 10.8. The van der Waals surface area contributed by atoms with Crippen LogP contribution in [0.2, 0.25) is 5.02 Å². The summed E-state index contributed by atoms with van der Waals surface area (Å²) in [6, 6.07) is 7.55. The van der Waals surface area contributed by atoms with E-state index in [1.54, 1.807) is 6.07 Å². The molecule has 2 aromatic heterocycles. The van der Waals surface area contributed by atoms with E-state index >= 15 is 0 Å². The topological polar surface area (TPSA) is 84.7 Å².